The lowest BCUT2D eigenvalue weighted by Crippen LogP contribution is -2.41. The molecular formula is C17H28O2S. The van der Waals surface area contributed by atoms with Crippen LogP contribution in [-0.2, 0) is 15.6 Å². The second kappa shape index (κ2) is 6.72. The van der Waals surface area contributed by atoms with Crippen LogP contribution >= 0.6 is 0 Å². The van der Waals surface area contributed by atoms with Gasteiger partial charge in [0, 0.05) is 33.6 Å². The Labute approximate surface area is 125 Å². The van der Waals surface area contributed by atoms with Gasteiger partial charge in [-0.15, -0.1) is 0 Å². The predicted molar refractivity (Wildman–Crippen MR) is 83.1 cm³/mol. The first-order valence-electron chi connectivity index (χ1n) is 8.66. The van der Waals surface area contributed by atoms with Crippen LogP contribution in [0.1, 0.15) is 77.0 Å². The molecule has 2 atom stereocenters. The quantitative estimate of drug-likeness (QED) is 0.786. The molecule has 20 heavy (non-hydrogen) atoms. The third-order valence-electron chi connectivity index (χ3n) is 5.78. The number of fused-ring (bicyclic) bond motifs is 2. The molecule has 0 amide bonds. The number of hydrogen-bond donors (Lipinski definition) is 0. The van der Waals surface area contributed by atoms with Crippen LogP contribution in [0.3, 0.4) is 0 Å². The van der Waals surface area contributed by atoms with Crippen molar-refractivity contribution in [2.45, 2.75) is 87.5 Å². The molecule has 0 spiro atoms. The standard InChI is InChI=1S/C17H28O2S/c18-17(10-9-13-5-2-1-3-6-13)14-11-15-7-4-8-16(12-14)20(15)19/h13-16H,1-12H2. The second-order valence-corrected chi connectivity index (χ2v) is 9.17. The molecule has 0 aromatic carbocycles. The van der Waals surface area contributed by atoms with Crippen molar-refractivity contribution in [3.8, 4) is 0 Å². The molecule has 2 nitrogen and oxygen atoms in total. The van der Waals surface area contributed by atoms with Crippen molar-refractivity contribution in [2.24, 2.45) is 11.8 Å². The summed E-state index contributed by atoms with van der Waals surface area (Å²) in [5.74, 6) is 1.54. The van der Waals surface area contributed by atoms with E-state index in [1.165, 1.54) is 38.5 Å². The molecule has 0 N–H and O–H groups in total. The Balaban J connectivity index is 1.49. The van der Waals surface area contributed by atoms with Crippen LogP contribution in [0.25, 0.3) is 0 Å². The van der Waals surface area contributed by atoms with Gasteiger partial charge < -0.3 is 0 Å². The van der Waals surface area contributed by atoms with E-state index in [4.69, 9.17) is 0 Å². The zero-order valence-electron chi connectivity index (χ0n) is 12.5. The van der Waals surface area contributed by atoms with Crippen LogP contribution in [0.4, 0.5) is 0 Å². The summed E-state index contributed by atoms with van der Waals surface area (Å²) in [5.41, 5.74) is 0. The molecule has 0 aromatic heterocycles. The molecule has 2 saturated heterocycles. The molecule has 2 unspecified atom stereocenters. The fraction of sp³-hybridized carbons (Fsp3) is 0.941. The first-order valence-corrected chi connectivity index (χ1v) is 9.93. The van der Waals surface area contributed by atoms with Gasteiger partial charge in [-0.25, -0.2) is 0 Å². The van der Waals surface area contributed by atoms with Crippen LogP contribution in [-0.4, -0.2) is 20.5 Å². The Morgan fingerprint density at radius 1 is 0.900 bits per heavy atom. The van der Waals surface area contributed by atoms with Crippen LogP contribution < -0.4 is 0 Å². The highest BCUT2D eigenvalue weighted by Gasteiger charge is 2.40. The summed E-state index contributed by atoms with van der Waals surface area (Å²) in [4.78, 5) is 12.5. The molecule has 3 fully saturated rings. The minimum atomic E-state index is -0.634. The van der Waals surface area contributed by atoms with E-state index in [9.17, 15) is 9.00 Å². The molecule has 1 aliphatic carbocycles. The largest absolute Gasteiger partial charge is 0.299 e. The maximum atomic E-state index is 12.5. The molecule has 2 bridgehead atoms. The maximum Gasteiger partial charge on any atom is 0.136 e. The van der Waals surface area contributed by atoms with Gasteiger partial charge in [0.25, 0.3) is 0 Å². The van der Waals surface area contributed by atoms with Crippen LogP contribution in [0.5, 0.6) is 0 Å². The van der Waals surface area contributed by atoms with E-state index in [0.717, 1.165) is 44.4 Å². The molecule has 1 saturated carbocycles. The van der Waals surface area contributed by atoms with E-state index in [1.807, 2.05) is 0 Å². The Bertz CT molecular complexity index is 357. The number of carbonyl (C=O) groups excluding carboxylic acids is 1. The molecular weight excluding hydrogens is 268 g/mol. The number of carbonyl (C=O) groups is 1. The fourth-order valence-corrected chi connectivity index (χ4v) is 6.71. The van der Waals surface area contributed by atoms with E-state index in [0.29, 0.717) is 16.3 Å². The Kier molecular flexibility index (Phi) is 4.95. The zero-order chi connectivity index (χ0) is 13.9. The number of ketones is 1. The van der Waals surface area contributed by atoms with Gasteiger partial charge in [-0.2, -0.15) is 0 Å². The number of Topliss-reactive ketones (excluding diaryl/α,β-unsaturated/α-hetero) is 1. The van der Waals surface area contributed by atoms with E-state index in [1.54, 1.807) is 0 Å². The summed E-state index contributed by atoms with van der Waals surface area (Å²) in [6.45, 7) is 0. The lowest BCUT2D eigenvalue weighted by atomic mass is 9.81. The van der Waals surface area contributed by atoms with Gasteiger partial charge in [0.05, 0.1) is 0 Å². The van der Waals surface area contributed by atoms with E-state index in [-0.39, 0.29) is 5.92 Å². The number of hydrogen-bond acceptors (Lipinski definition) is 2. The molecule has 2 heterocycles. The molecule has 3 aliphatic rings. The van der Waals surface area contributed by atoms with E-state index in [2.05, 4.69) is 0 Å². The lowest BCUT2D eigenvalue weighted by Gasteiger charge is -2.37. The van der Waals surface area contributed by atoms with Crippen molar-refractivity contribution >= 4 is 16.6 Å². The Hall–Kier alpha value is -0.180. The normalized spacial score (nSPS) is 38.6. The number of rotatable bonds is 4. The highest BCUT2D eigenvalue weighted by atomic mass is 32.2. The summed E-state index contributed by atoms with van der Waals surface area (Å²) < 4.78 is 12.2. The van der Waals surface area contributed by atoms with Crippen molar-refractivity contribution in [3.63, 3.8) is 0 Å². The first kappa shape index (κ1) is 14.7. The molecule has 114 valence electrons. The van der Waals surface area contributed by atoms with Crippen LogP contribution in [0, 0.1) is 11.8 Å². The van der Waals surface area contributed by atoms with E-state index < -0.39 is 10.8 Å². The van der Waals surface area contributed by atoms with Crippen molar-refractivity contribution < 1.29 is 9.00 Å². The van der Waals surface area contributed by atoms with Gasteiger partial charge in [-0.3, -0.25) is 9.00 Å². The lowest BCUT2D eigenvalue weighted by molar-refractivity contribution is -0.123. The monoisotopic (exact) mass is 296 g/mol. The minimum Gasteiger partial charge on any atom is -0.299 e. The summed E-state index contributed by atoms with van der Waals surface area (Å²) >= 11 is 0. The van der Waals surface area contributed by atoms with Gasteiger partial charge in [-0.1, -0.05) is 38.5 Å². The molecule has 0 radical (unpaired) electrons. The third kappa shape index (κ3) is 3.35. The maximum absolute atomic E-state index is 12.5. The molecule has 0 aromatic rings. The first-order chi connectivity index (χ1) is 9.74. The average molecular weight is 296 g/mol. The molecule has 3 heteroatoms. The molecule has 3 rings (SSSR count). The molecule has 2 aliphatic heterocycles. The van der Waals surface area contributed by atoms with Gasteiger partial charge in [0.1, 0.15) is 5.78 Å². The minimum absolute atomic E-state index is 0.242. The van der Waals surface area contributed by atoms with Crippen LogP contribution in [0.15, 0.2) is 0 Å². The second-order valence-electron chi connectivity index (χ2n) is 7.18. The van der Waals surface area contributed by atoms with Crippen molar-refractivity contribution in [1.29, 1.82) is 0 Å². The summed E-state index contributed by atoms with van der Waals surface area (Å²) in [7, 11) is -0.634. The van der Waals surface area contributed by atoms with Crippen molar-refractivity contribution in [3.05, 3.63) is 0 Å². The van der Waals surface area contributed by atoms with Gasteiger partial charge in [0.15, 0.2) is 0 Å². The highest BCUT2D eigenvalue weighted by molar-refractivity contribution is 7.86. The van der Waals surface area contributed by atoms with E-state index >= 15 is 0 Å². The van der Waals surface area contributed by atoms with Crippen LogP contribution in [0.2, 0.25) is 0 Å². The van der Waals surface area contributed by atoms with Gasteiger partial charge in [-0.05, 0) is 38.0 Å². The topological polar surface area (TPSA) is 34.1 Å². The predicted octanol–water partition coefficient (Wildman–Crippen LogP) is 4.00. The summed E-state index contributed by atoms with van der Waals surface area (Å²) in [6.07, 6.45) is 14.0. The van der Waals surface area contributed by atoms with Crippen molar-refractivity contribution in [2.75, 3.05) is 0 Å². The zero-order valence-corrected chi connectivity index (χ0v) is 13.3. The van der Waals surface area contributed by atoms with Gasteiger partial charge >= 0.3 is 0 Å². The highest BCUT2D eigenvalue weighted by Crippen LogP contribution is 2.38. The average Bonchev–Trinajstić information content (AvgIpc) is 2.45. The third-order valence-corrected chi connectivity index (χ3v) is 7.95. The summed E-state index contributed by atoms with van der Waals surface area (Å²) in [6, 6.07) is 0. The van der Waals surface area contributed by atoms with Gasteiger partial charge in [0.2, 0.25) is 0 Å². The Morgan fingerprint density at radius 3 is 2.20 bits per heavy atom. The van der Waals surface area contributed by atoms with Crippen molar-refractivity contribution in [1.82, 2.24) is 0 Å². The summed E-state index contributed by atoms with van der Waals surface area (Å²) in [5, 5.41) is 0.678. The smallest absolute Gasteiger partial charge is 0.136 e. The Morgan fingerprint density at radius 2 is 1.55 bits per heavy atom. The SMILES string of the molecule is O=C(CCC1CCCCC1)C1CC2CCCC(C1)S2=O. The fourth-order valence-electron chi connectivity index (χ4n) is 4.52.